The highest BCUT2D eigenvalue weighted by Gasteiger charge is 2.19. The van der Waals surface area contributed by atoms with Crippen molar-refractivity contribution < 1.29 is 0 Å². The van der Waals surface area contributed by atoms with E-state index in [2.05, 4.69) is 10.3 Å². The first-order valence-corrected chi connectivity index (χ1v) is 6.39. The second-order valence-electron chi connectivity index (χ2n) is 5.04. The third kappa shape index (κ3) is 2.64. The topological polar surface area (TPSA) is 83.0 Å². The molecule has 1 aromatic heterocycles. The second kappa shape index (κ2) is 5.39. The Morgan fingerprint density at radius 3 is 2.78 bits per heavy atom. The highest BCUT2D eigenvalue weighted by Crippen LogP contribution is 2.18. The van der Waals surface area contributed by atoms with E-state index in [1.165, 1.54) is 12.8 Å². The first kappa shape index (κ1) is 12.9. The molecule has 1 saturated heterocycles. The minimum atomic E-state index is 0.0141. The van der Waals surface area contributed by atoms with Gasteiger partial charge in [-0.1, -0.05) is 0 Å². The quantitative estimate of drug-likeness (QED) is 0.515. The molecule has 1 aliphatic rings. The molecule has 1 aromatic rings. The van der Waals surface area contributed by atoms with Crippen LogP contribution < -0.4 is 16.1 Å². The molecule has 0 spiro atoms. The van der Waals surface area contributed by atoms with Crippen LogP contribution in [0.2, 0.25) is 0 Å². The Balaban J connectivity index is 2.19. The summed E-state index contributed by atoms with van der Waals surface area (Å²) in [4.78, 5) is 4.26. The van der Waals surface area contributed by atoms with Gasteiger partial charge in [-0.15, -0.1) is 0 Å². The Morgan fingerprint density at radius 2 is 2.22 bits per heavy atom. The van der Waals surface area contributed by atoms with Crippen LogP contribution in [-0.2, 0) is 6.42 Å². The van der Waals surface area contributed by atoms with Crippen LogP contribution in [0, 0.1) is 11.3 Å². The minimum absolute atomic E-state index is 0.0141. The monoisotopic (exact) mass is 250 g/mol. The molecular formula is C12H22N6. The van der Waals surface area contributed by atoms with Crippen LogP contribution in [0.4, 0.5) is 0 Å². The molecule has 0 radical (unpaired) electrons. The van der Waals surface area contributed by atoms with E-state index in [9.17, 15) is 0 Å². The largest absolute Gasteiger partial charge is 0.381 e. The van der Waals surface area contributed by atoms with Crippen molar-refractivity contribution in [3.63, 3.8) is 0 Å². The van der Waals surface area contributed by atoms with Crippen molar-refractivity contribution in [3.05, 3.63) is 17.7 Å². The van der Waals surface area contributed by atoms with Crippen molar-refractivity contribution in [2.24, 2.45) is 11.7 Å². The summed E-state index contributed by atoms with van der Waals surface area (Å²) in [7, 11) is 3.89. The molecule has 0 atom stereocenters. The fourth-order valence-electron chi connectivity index (χ4n) is 2.53. The number of nitrogen functional groups attached to an aromatic ring is 1. The van der Waals surface area contributed by atoms with Crippen molar-refractivity contribution in [2.45, 2.75) is 19.3 Å². The molecule has 6 nitrogen and oxygen atoms in total. The summed E-state index contributed by atoms with van der Waals surface area (Å²) in [6.45, 7) is 2.20. The van der Waals surface area contributed by atoms with E-state index in [1.54, 1.807) is 0 Å². The SMILES string of the molecule is CN(C)n1c(CC2CCNCC2)cnc1C(=N)N. The van der Waals surface area contributed by atoms with E-state index in [0.717, 1.165) is 25.2 Å². The lowest BCUT2D eigenvalue weighted by atomic mass is 9.93. The van der Waals surface area contributed by atoms with Crippen molar-refractivity contribution in [3.8, 4) is 0 Å². The Morgan fingerprint density at radius 1 is 1.56 bits per heavy atom. The van der Waals surface area contributed by atoms with Crippen LogP contribution in [0.15, 0.2) is 6.20 Å². The summed E-state index contributed by atoms with van der Waals surface area (Å²) >= 11 is 0. The summed E-state index contributed by atoms with van der Waals surface area (Å²) in [5, 5.41) is 12.9. The Bertz CT molecular complexity index is 416. The number of amidine groups is 1. The molecule has 2 heterocycles. The van der Waals surface area contributed by atoms with E-state index < -0.39 is 0 Å². The maximum absolute atomic E-state index is 7.56. The number of hydrogen-bond acceptors (Lipinski definition) is 4. The molecule has 0 saturated carbocycles. The van der Waals surface area contributed by atoms with Crippen LogP contribution in [0.1, 0.15) is 24.4 Å². The van der Waals surface area contributed by atoms with Crippen LogP contribution in [0.5, 0.6) is 0 Å². The van der Waals surface area contributed by atoms with Gasteiger partial charge in [-0.25, -0.2) is 9.66 Å². The van der Waals surface area contributed by atoms with Gasteiger partial charge in [0.2, 0.25) is 0 Å². The third-order valence-corrected chi connectivity index (χ3v) is 3.41. The molecule has 0 bridgehead atoms. The van der Waals surface area contributed by atoms with Crippen molar-refractivity contribution in [2.75, 3.05) is 32.2 Å². The van der Waals surface area contributed by atoms with E-state index >= 15 is 0 Å². The fourth-order valence-corrected chi connectivity index (χ4v) is 2.53. The van der Waals surface area contributed by atoms with Crippen molar-refractivity contribution in [1.29, 1.82) is 5.41 Å². The number of piperidine rings is 1. The molecule has 6 heteroatoms. The molecule has 1 fully saturated rings. The average Bonchev–Trinajstić information content (AvgIpc) is 2.74. The zero-order chi connectivity index (χ0) is 13.1. The fraction of sp³-hybridized carbons (Fsp3) is 0.667. The predicted molar refractivity (Wildman–Crippen MR) is 72.6 cm³/mol. The molecule has 1 aliphatic heterocycles. The Kier molecular flexibility index (Phi) is 3.86. The van der Waals surface area contributed by atoms with E-state index in [0.29, 0.717) is 11.7 Å². The lowest BCUT2D eigenvalue weighted by molar-refractivity contribution is 0.366. The van der Waals surface area contributed by atoms with Gasteiger partial charge in [0.1, 0.15) is 0 Å². The zero-order valence-electron chi connectivity index (χ0n) is 11.1. The molecule has 18 heavy (non-hydrogen) atoms. The highest BCUT2D eigenvalue weighted by molar-refractivity contribution is 5.91. The number of rotatable bonds is 4. The van der Waals surface area contributed by atoms with Crippen LogP contribution >= 0.6 is 0 Å². The first-order valence-electron chi connectivity index (χ1n) is 6.39. The number of nitrogens with zero attached hydrogens (tertiary/aromatic N) is 3. The third-order valence-electron chi connectivity index (χ3n) is 3.41. The molecule has 0 unspecified atom stereocenters. The average molecular weight is 250 g/mol. The van der Waals surface area contributed by atoms with Gasteiger partial charge in [0, 0.05) is 14.1 Å². The van der Waals surface area contributed by atoms with Gasteiger partial charge in [0.05, 0.1) is 11.9 Å². The van der Waals surface area contributed by atoms with Gasteiger partial charge < -0.3 is 16.1 Å². The van der Waals surface area contributed by atoms with Crippen molar-refractivity contribution >= 4 is 5.84 Å². The summed E-state index contributed by atoms with van der Waals surface area (Å²) in [6, 6.07) is 0. The van der Waals surface area contributed by atoms with Gasteiger partial charge in [-0.05, 0) is 38.3 Å². The molecule has 2 rings (SSSR count). The number of aromatic nitrogens is 2. The molecule has 4 N–H and O–H groups in total. The summed E-state index contributed by atoms with van der Waals surface area (Å²) in [5.41, 5.74) is 6.70. The smallest absolute Gasteiger partial charge is 0.194 e. The second-order valence-corrected chi connectivity index (χ2v) is 5.04. The first-order chi connectivity index (χ1) is 8.59. The Labute approximate surface area is 108 Å². The molecule has 100 valence electrons. The van der Waals surface area contributed by atoms with Crippen molar-refractivity contribution in [1.82, 2.24) is 15.0 Å². The number of nitrogens with one attached hydrogen (secondary N) is 2. The van der Waals surface area contributed by atoms with E-state index in [4.69, 9.17) is 11.1 Å². The lowest BCUT2D eigenvalue weighted by Crippen LogP contribution is -2.34. The molecule has 0 aliphatic carbocycles. The summed E-state index contributed by atoms with van der Waals surface area (Å²) in [5.74, 6) is 1.24. The molecular weight excluding hydrogens is 228 g/mol. The van der Waals surface area contributed by atoms with E-state index in [-0.39, 0.29) is 5.84 Å². The number of nitrogens with two attached hydrogens (primary N) is 1. The predicted octanol–water partition coefficient (Wildman–Crippen LogP) is -0.0931. The zero-order valence-corrected chi connectivity index (χ0v) is 11.1. The maximum Gasteiger partial charge on any atom is 0.194 e. The van der Waals surface area contributed by atoms with Crippen LogP contribution in [-0.4, -0.2) is 42.7 Å². The van der Waals surface area contributed by atoms with Crippen LogP contribution in [0.25, 0.3) is 0 Å². The number of hydrogen-bond donors (Lipinski definition) is 3. The molecule has 0 amide bonds. The summed E-state index contributed by atoms with van der Waals surface area (Å²) in [6.07, 6.45) is 5.25. The molecule has 0 aromatic carbocycles. The highest BCUT2D eigenvalue weighted by atomic mass is 15.5. The van der Waals surface area contributed by atoms with Gasteiger partial charge in [-0.2, -0.15) is 0 Å². The van der Waals surface area contributed by atoms with Crippen LogP contribution in [0.3, 0.4) is 0 Å². The lowest BCUT2D eigenvalue weighted by Gasteiger charge is -2.25. The van der Waals surface area contributed by atoms with Gasteiger partial charge >= 0.3 is 0 Å². The van der Waals surface area contributed by atoms with Gasteiger partial charge in [0.15, 0.2) is 11.7 Å². The minimum Gasteiger partial charge on any atom is -0.381 e. The Hall–Kier alpha value is -1.56. The van der Waals surface area contributed by atoms with Gasteiger partial charge in [0.25, 0.3) is 0 Å². The number of imidazole rings is 1. The summed E-state index contributed by atoms with van der Waals surface area (Å²) < 4.78 is 1.93. The normalized spacial score (nSPS) is 16.8. The standard InChI is InChI=1S/C12H22N6/c1-17(2)18-10(8-16-12(18)11(13)14)7-9-3-5-15-6-4-9/h8-9,15H,3-7H2,1-2H3,(H3,13,14). The van der Waals surface area contributed by atoms with E-state index in [1.807, 2.05) is 30.0 Å². The maximum atomic E-state index is 7.56. The van der Waals surface area contributed by atoms with Gasteiger partial charge in [-0.3, -0.25) is 5.41 Å².